The van der Waals surface area contributed by atoms with E-state index in [1.165, 1.54) is 23.5 Å². The normalized spacial score (nSPS) is 11.5. The zero-order valence-corrected chi connectivity index (χ0v) is 20.4. The van der Waals surface area contributed by atoms with Crippen molar-refractivity contribution in [3.05, 3.63) is 54.1 Å². The van der Waals surface area contributed by atoms with Gasteiger partial charge in [-0.25, -0.2) is 13.4 Å². The van der Waals surface area contributed by atoms with Crippen molar-refractivity contribution in [3.8, 4) is 0 Å². The van der Waals surface area contributed by atoms with Crippen LogP contribution in [0, 0.1) is 0 Å². The molecule has 1 aromatic heterocycles. The van der Waals surface area contributed by atoms with Crippen LogP contribution in [0.3, 0.4) is 0 Å². The number of halogens is 1. The summed E-state index contributed by atoms with van der Waals surface area (Å²) in [6.45, 7) is 8.85. The molecule has 1 heterocycles. The molecule has 9 heteroatoms. The van der Waals surface area contributed by atoms with Gasteiger partial charge in [-0.3, -0.25) is 9.69 Å². The molecule has 0 aliphatic heterocycles. The fourth-order valence-corrected chi connectivity index (χ4v) is 5.04. The van der Waals surface area contributed by atoms with Crippen LogP contribution in [0.25, 0.3) is 10.2 Å². The number of anilines is 1. The lowest BCUT2D eigenvalue weighted by atomic mass is 10.2. The molecule has 6 nitrogen and oxygen atoms in total. The summed E-state index contributed by atoms with van der Waals surface area (Å²) in [4.78, 5) is 22.2. The number of carbonyl (C=O) groups excluding carboxylic acids is 1. The quantitative estimate of drug-likeness (QED) is 0.450. The minimum Gasteiger partial charge on any atom is -0.302 e. The molecule has 0 aliphatic rings. The van der Waals surface area contributed by atoms with E-state index < -0.39 is 9.84 Å². The van der Waals surface area contributed by atoms with Crippen LogP contribution in [0.1, 0.15) is 31.1 Å². The van der Waals surface area contributed by atoms with E-state index in [0.717, 1.165) is 29.9 Å². The Balaban J connectivity index is 0.00000341. The van der Waals surface area contributed by atoms with Crippen molar-refractivity contribution in [2.45, 2.75) is 25.7 Å². The Hall–Kier alpha value is -2.00. The Labute approximate surface area is 194 Å². The van der Waals surface area contributed by atoms with E-state index in [2.05, 4.69) is 23.7 Å². The Morgan fingerprint density at radius 1 is 0.968 bits per heavy atom. The monoisotopic (exact) mass is 481 g/mol. The summed E-state index contributed by atoms with van der Waals surface area (Å²) in [6, 6.07) is 14.0. The number of thiazole rings is 1. The van der Waals surface area contributed by atoms with Gasteiger partial charge in [-0.15, -0.1) is 12.4 Å². The molecular weight excluding hydrogens is 454 g/mol. The SMILES string of the molecule is CCN(CC)CCN(C(=O)c1ccc(S(=O)(=O)CC)cc1)c1nc2ccccc2s1.Cl. The van der Waals surface area contributed by atoms with Crippen molar-refractivity contribution in [2.24, 2.45) is 0 Å². The predicted octanol–water partition coefficient (Wildman–Crippen LogP) is 4.50. The number of hydrogen-bond acceptors (Lipinski definition) is 6. The van der Waals surface area contributed by atoms with Gasteiger partial charge in [0.05, 0.1) is 20.9 Å². The molecule has 168 valence electrons. The van der Waals surface area contributed by atoms with Crippen molar-refractivity contribution < 1.29 is 13.2 Å². The zero-order chi connectivity index (χ0) is 21.7. The highest BCUT2D eigenvalue weighted by molar-refractivity contribution is 7.91. The summed E-state index contributed by atoms with van der Waals surface area (Å²) in [5, 5.41) is 0.651. The molecule has 31 heavy (non-hydrogen) atoms. The number of amides is 1. The Morgan fingerprint density at radius 2 is 1.61 bits per heavy atom. The van der Waals surface area contributed by atoms with Crippen LogP contribution in [0.4, 0.5) is 5.13 Å². The largest absolute Gasteiger partial charge is 0.302 e. The number of rotatable bonds is 9. The molecule has 3 aromatic rings. The third kappa shape index (κ3) is 5.83. The average molecular weight is 482 g/mol. The number of fused-ring (bicyclic) bond motifs is 1. The summed E-state index contributed by atoms with van der Waals surface area (Å²) >= 11 is 1.49. The second-order valence-electron chi connectivity index (χ2n) is 6.88. The smallest absolute Gasteiger partial charge is 0.260 e. The van der Waals surface area contributed by atoms with Gasteiger partial charge >= 0.3 is 0 Å². The molecule has 0 saturated heterocycles. The number of hydrogen-bond donors (Lipinski definition) is 0. The van der Waals surface area contributed by atoms with E-state index in [9.17, 15) is 13.2 Å². The molecule has 1 amide bonds. The number of para-hydroxylation sites is 1. The van der Waals surface area contributed by atoms with Gasteiger partial charge in [0.15, 0.2) is 15.0 Å². The van der Waals surface area contributed by atoms with E-state index >= 15 is 0 Å². The highest BCUT2D eigenvalue weighted by Crippen LogP contribution is 2.29. The van der Waals surface area contributed by atoms with E-state index in [0.29, 0.717) is 17.2 Å². The first-order valence-corrected chi connectivity index (χ1v) is 12.6. The molecule has 0 radical (unpaired) electrons. The number of sulfone groups is 1. The minimum absolute atomic E-state index is 0. The van der Waals surface area contributed by atoms with Gasteiger partial charge in [0.1, 0.15) is 0 Å². The molecule has 0 bridgehead atoms. The zero-order valence-electron chi connectivity index (χ0n) is 17.9. The fraction of sp³-hybridized carbons (Fsp3) is 0.364. The van der Waals surface area contributed by atoms with Crippen LogP contribution in [0.15, 0.2) is 53.4 Å². The summed E-state index contributed by atoms with van der Waals surface area (Å²) in [6.07, 6.45) is 0. The lowest BCUT2D eigenvalue weighted by Gasteiger charge is -2.24. The van der Waals surface area contributed by atoms with Gasteiger partial charge in [0.2, 0.25) is 0 Å². The van der Waals surface area contributed by atoms with Crippen LogP contribution >= 0.6 is 23.7 Å². The molecule has 0 aliphatic carbocycles. The van der Waals surface area contributed by atoms with Gasteiger partial charge < -0.3 is 4.90 Å². The minimum atomic E-state index is -3.30. The summed E-state index contributed by atoms with van der Waals surface area (Å²) < 4.78 is 25.2. The van der Waals surface area contributed by atoms with Crippen molar-refractivity contribution in [1.82, 2.24) is 9.88 Å². The summed E-state index contributed by atoms with van der Waals surface area (Å²) in [5.41, 5.74) is 1.31. The molecule has 0 N–H and O–H groups in total. The van der Waals surface area contributed by atoms with E-state index in [1.54, 1.807) is 24.0 Å². The molecule has 0 unspecified atom stereocenters. The van der Waals surface area contributed by atoms with Crippen LogP contribution in [-0.4, -0.2) is 56.1 Å². The number of aromatic nitrogens is 1. The van der Waals surface area contributed by atoms with Gasteiger partial charge in [-0.1, -0.05) is 44.2 Å². The third-order valence-corrected chi connectivity index (χ3v) is 7.94. The maximum atomic E-state index is 13.4. The second-order valence-corrected chi connectivity index (χ2v) is 10.2. The molecule has 0 spiro atoms. The lowest BCUT2D eigenvalue weighted by molar-refractivity contribution is 0.0983. The van der Waals surface area contributed by atoms with Crippen molar-refractivity contribution in [3.63, 3.8) is 0 Å². The maximum Gasteiger partial charge on any atom is 0.260 e. The van der Waals surface area contributed by atoms with Crippen molar-refractivity contribution in [2.75, 3.05) is 36.8 Å². The number of likely N-dealkylation sites (N-methyl/N-ethyl adjacent to an activating group) is 1. The average Bonchev–Trinajstić information content (AvgIpc) is 3.20. The molecule has 0 atom stereocenters. The van der Waals surface area contributed by atoms with E-state index in [4.69, 9.17) is 0 Å². The maximum absolute atomic E-state index is 13.4. The number of nitrogens with zero attached hydrogens (tertiary/aromatic N) is 3. The highest BCUT2D eigenvalue weighted by Gasteiger charge is 2.22. The van der Waals surface area contributed by atoms with Gasteiger partial charge in [0.25, 0.3) is 5.91 Å². The third-order valence-electron chi connectivity index (χ3n) is 5.13. The Morgan fingerprint density at radius 3 is 2.19 bits per heavy atom. The Kier molecular flexibility index (Phi) is 9.00. The van der Waals surface area contributed by atoms with Crippen LogP contribution < -0.4 is 4.90 Å². The lowest BCUT2D eigenvalue weighted by Crippen LogP contribution is -2.38. The van der Waals surface area contributed by atoms with Gasteiger partial charge in [-0.2, -0.15) is 0 Å². The highest BCUT2D eigenvalue weighted by atomic mass is 35.5. The van der Waals surface area contributed by atoms with Crippen LogP contribution in [-0.2, 0) is 9.84 Å². The fourth-order valence-electron chi connectivity index (χ4n) is 3.17. The topological polar surface area (TPSA) is 70.6 Å². The summed E-state index contributed by atoms with van der Waals surface area (Å²) in [5.74, 6) is -0.149. The van der Waals surface area contributed by atoms with Crippen LogP contribution in [0.2, 0.25) is 0 Å². The molecule has 0 saturated carbocycles. The molecular formula is C22H28ClN3O3S2. The number of carbonyl (C=O) groups is 1. The second kappa shape index (κ2) is 11.0. The van der Waals surface area contributed by atoms with E-state index in [-0.39, 0.29) is 29.0 Å². The molecule has 2 aromatic carbocycles. The van der Waals surface area contributed by atoms with E-state index in [1.807, 2.05) is 24.3 Å². The first-order chi connectivity index (χ1) is 14.4. The molecule has 0 fully saturated rings. The van der Waals surface area contributed by atoms with Gasteiger partial charge in [-0.05, 0) is 49.5 Å². The summed E-state index contributed by atoms with van der Waals surface area (Å²) in [7, 11) is -3.30. The first-order valence-electron chi connectivity index (χ1n) is 10.1. The Bertz CT molecular complexity index is 1080. The standard InChI is InChI=1S/C22H27N3O3S2.ClH/c1-4-24(5-2)15-16-25(22-23-19-9-7-8-10-20(19)29-22)21(26)17-11-13-18(14-12-17)30(27,28)6-3;/h7-14H,4-6,15-16H2,1-3H3;1H. The van der Waals surface area contributed by atoms with Gasteiger partial charge in [0, 0.05) is 18.7 Å². The van der Waals surface area contributed by atoms with Crippen molar-refractivity contribution in [1.29, 1.82) is 0 Å². The number of benzene rings is 2. The van der Waals surface area contributed by atoms with Crippen molar-refractivity contribution >= 4 is 54.8 Å². The predicted molar refractivity (Wildman–Crippen MR) is 131 cm³/mol. The molecule has 3 rings (SSSR count). The van der Waals surface area contributed by atoms with Crippen LogP contribution in [0.5, 0.6) is 0 Å². The first kappa shape index (κ1) is 25.3.